The van der Waals surface area contributed by atoms with Gasteiger partial charge in [0.25, 0.3) is 5.91 Å². The molecule has 0 saturated heterocycles. The summed E-state index contributed by atoms with van der Waals surface area (Å²) in [6, 6.07) is 0.738. The molecule has 2 aliphatic carbocycles. The number of rotatable bonds is 3. The molecule has 3 nitrogen and oxygen atoms in total. The van der Waals surface area contributed by atoms with Crippen LogP contribution in [0.15, 0.2) is 0 Å². The lowest BCUT2D eigenvalue weighted by atomic mass is 9.88. The Labute approximate surface area is 104 Å². The van der Waals surface area contributed by atoms with E-state index in [0.29, 0.717) is 12.1 Å². The van der Waals surface area contributed by atoms with Crippen molar-refractivity contribution in [3.8, 4) is 0 Å². The van der Waals surface area contributed by atoms with Gasteiger partial charge in [0.05, 0.1) is 0 Å². The van der Waals surface area contributed by atoms with Crippen LogP contribution in [0.2, 0.25) is 0 Å². The van der Waals surface area contributed by atoms with Crippen LogP contribution in [0.5, 0.6) is 0 Å². The summed E-state index contributed by atoms with van der Waals surface area (Å²) in [4.78, 5) is 13.9. The predicted molar refractivity (Wildman–Crippen MR) is 66.1 cm³/mol. The number of carbonyl (C=O) groups excluding carboxylic acids is 1. The lowest BCUT2D eigenvalue weighted by Crippen LogP contribution is -2.49. The first-order valence-corrected chi connectivity index (χ1v) is 7.22. The average Bonchev–Trinajstić information content (AvgIpc) is 2.41. The molecule has 0 bridgehead atoms. The summed E-state index contributed by atoms with van der Waals surface area (Å²) >= 11 is 0. The van der Waals surface area contributed by atoms with E-state index in [-0.39, 0.29) is 5.91 Å². The number of hydrogen-bond acceptors (Lipinski definition) is 1. The Balaban J connectivity index is 2.02. The van der Waals surface area contributed by atoms with E-state index >= 15 is 0 Å². The van der Waals surface area contributed by atoms with E-state index in [1.54, 1.807) is 0 Å². The van der Waals surface area contributed by atoms with Crippen LogP contribution >= 0.6 is 0 Å². The monoisotopic (exact) mass is 238 g/mol. The molecular formula is C14H24NO2. The number of nitrogens with zero attached hydrogens (tertiary/aromatic N) is 1. The second-order valence-electron chi connectivity index (χ2n) is 5.53. The van der Waals surface area contributed by atoms with Crippen LogP contribution in [-0.2, 0) is 9.90 Å². The summed E-state index contributed by atoms with van der Waals surface area (Å²) in [6.07, 6.45) is 11.9. The third-order valence-corrected chi connectivity index (χ3v) is 4.35. The Morgan fingerprint density at radius 2 is 1.24 bits per heavy atom. The molecule has 1 amide bonds. The van der Waals surface area contributed by atoms with Crippen LogP contribution in [0.4, 0.5) is 0 Å². The van der Waals surface area contributed by atoms with Gasteiger partial charge in [-0.05, 0) is 25.7 Å². The molecule has 2 rings (SSSR count). The van der Waals surface area contributed by atoms with Gasteiger partial charge < -0.3 is 4.90 Å². The first-order valence-electron chi connectivity index (χ1n) is 7.22. The zero-order valence-electron chi connectivity index (χ0n) is 10.7. The van der Waals surface area contributed by atoms with E-state index in [9.17, 15) is 9.90 Å². The lowest BCUT2D eigenvalue weighted by molar-refractivity contribution is -0.143. The van der Waals surface area contributed by atoms with Crippen molar-refractivity contribution < 1.29 is 9.90 Å². The maximum Gasteiger partial charge on any atom is 0.252 e. The van der Waals surface area contributed by atoms with Crippen LogP contribution in [0.1, 0.15) is 64.2 Å². The first kappa shape index (κ1) is 12.9. The first-order chi connectivity index (χ1) is 8.33. The molecule has 0 spiro atoms. The highest BCUT2D eigenvalue weighted by Gasteiger charge is 2.31. The van der Waals surface area contributed by atoms with E-state index in [2.05, 4.69) is 0 Å². The molecule has 0 aromatic rings. The topological polar surface area (TPSA) is 40.2 Å². The molecule has 0 aromatic heterocycles. The molecule has 2 fully saturated rings. The van der Waals surface area contributed by atoms with Crippen LogP contribution in [0.25, 0.3) is 0 Å². The van der Waals surface area contributed by atoms with Gasteiger partial charge in [0.15, 0.2) is 6.61 Å². The van der Waals surface area contributed by atoms with E-state index in [0.717, 1.165) is 25.7 Å². The highest BCUT2D eigenvalue weighted by molar-refractivity contribution is 5.77. The summed E-state index contributed by atoms with van der Waals surface area (Å²) < 4.78 is 0. The highest BCUT2D eigenvalue weighted by Crippen LogP contribution is 2.30. The Hall–Kier alpha value is -0.570. The van der Waals surface area contributed by atoms with Gasteiger partial charge >= 0.3 is 0 Å². The van der Waals surface area contributed by atoms with Gasteiger partial charge in [-0.1, -0.05) is 38.5 Å². The molecule has 2 saturated carbocycles. The lowest BCUT2D eigenvalue weighted by Gasteiger charge is -2.41. The number of hydrogen-bond donors (Lipinski definition) is 0. The largest absolute Gasteiger partial charge is 0.335 e. The van der Waals surface area contributed by atoms with Gasteiger partial charge in [0.1, 0.15) is 0 Å². The summed E-state index contributed by atoms with van der Waals surface area (Å²) in [5.41, 5.74) is 0. The van der Waals surface area contributed by atoms with E-state index in [4.69, 9.17) is 0 Å². The number of carbonyl (C=O) groups is 1. The third-order valence-electron chi connectivity index (χ3n) is 4.35. The quantitative estimate of drug-likeness (QED) is 0.745. The van der Waals surface area contributed by atoms with Gasteiger partial charge in [-0.25, -0.2) is 5.11 Å². The second-order valence-corrected chi connectivity index (χ2v) is 5.53. The third kappa shape index (κ3) is 3.21. The molecule has 0 aliphatic heterocycles. The van der Waals surface area contributed by atoms with Gasteiger partial charge in [-0.2, -0.15) is 0 Å². The van der Waals surface area contributed by atoms with Gasteiger partial charge in [-0.15, -0.1) is 0 Å². The molecule has 0 unspecified atom stereocenters. The predicted octanol–water partition coefficient (Wildman–Crippen LogP) is 2.91. The van der Waals surface area contributed by atoms with E-state index in [1.165, 1.54) is 38.5 Å². The van der Waals surface area contributed by atoms with Crippen molar-refractivity contribution >= 4 is 5.91 Å². The summed E-state index contributed by atoms with van der Waals surface area (Å²) in [7, 11) is 0. The minimum Gasteiger partial charge on any atom is -0.335 e. The average molecular weight is 238 g/mol. The molecule has 97 valence electrons. The minimum atomic E-state index is -0.562. The molecule has 17 heavy (non-hydrogen) atoms. The minimum absolute atomic E-state index is 0.149. The van der Waals surface area contributed by atoms with Crippen LogP contribution in [0, 0.1) is 0 Å². The fraction of sp³-hybridized carbons (Fsp3) is 0.929. The smallest absolute Gasteiger partial charge is 0.252 e. The van der Waals surface area contributed by atoms with Crippen molar-refractivity contribution in [1.82, 2.24) is 4.90 Å². The molecule has 3 heteroatoms. The molecule has 0 heterocycles. The Morgan fingerprint density at radius 1 is 0.824 bits per heavy atom. The molecule has 0 N–H and O–H groups in total. The molecule has 0 atom stereocenters. The van der Waals surface area contributed by atoms with Crippen LogP contribution in [0.3, 0.4) is 0 Å². The van der Waals surface area contributed by atoms with Gasteiger partial charge in [0.2, 0.25) is 0 Å². The summed E-state index contributed by atoms with van der Waals surface area (Å²) in [5, 5.41) is 11.0. The fourth-order valence-corrected chi connectivity index (χ4v) is 3.50. The zero-order valence-corrected chi connectivity index (χ0v) is 10.7. The maximum absolute atomic E-state index is 11.9. The van der Waals surface area contributed by atoms with Crippen molar-refractivity contribution in [3.63, 3.8) is 0 Å². The fourth-order valence-electron chi connectivity index (χ4n) is 3.50. The Bertz CT molecular complexity index is 225. The van der Waals surface area contributed by atoms with Crippen molar-refractivity contribution in [2.75, 3.05) is 6.61 Å². The van der Waals surface area contributed by atoms with Crippen LogP contribution < -0.4 is 0 Å². The molecule has 0 aromatic carbocycles. The molecular weight excluding hydrogens is 214 g/mol. The maximum atomic E-state index is 11.9. The Morgan fingerprint density at radius 3 is 1.59 bits per heavy atom. The van der Waals surface area contributed by atoms with Crippen LogP contribution in [-0.4, -0.2) is 29.5 Å². The molecule has 2 aliphatic rings. The van der Waals surface area contributed by atoms with Gasteiger partial charge in [0, 0.05) is 12.1 Å². The second kappa shape index (κ2) is 6.39. The zero-order chi connectivity index (χ0) is 12.1. The summed E-state index contributed by atoms with van der Waals surface area (Å²) in [6.45, 7) is -0.562. The highest BCUT2D eigenvalue weighted by atomic mass is 16.3. The summed E-state index contributed by atoms with van der Waals surface area (Å²) in [5.74, 6) is -0.149. The van der Waals surface area contributed by atoms with E-state index in [1.807, 2.05) is 4.90 Å². The standard InChI is InChI=1S/C14H24NO2/c16-11-14(17)15(12-7-3-1-4-8-12)13-9-5-2-6-10-13/h12-13H,1-11H2. The van der Waals surface area contributed by atoms with Crippen molar-refractivity contribution in [2.45, 2.75) is 76.3 Å². The number of amides is 1. The SMILES string of the molecule is [O]CC(=O)N(C1CCCCC1)C1CCCCC1. The Kier molecular flexibility index (Phi) is 4.84. The normalized spacial score (nSPS) is 23.6. The van der Waals surface area contributed by atoms with Crippen molar-refractivity contribution in [1.29, 1.82) is 0 Å². The van der Waals surface area contributed by atoms with E-state index < -0.39 is 6.61 Å². The van der Waals surface area contributed by atoms with Crippen molar-refractivity contribution in [2.24, 2.45) is 0 Å². The van der Waals surface area contributed by atoms with Gasteiger partial charge in [-0.3, -0.25) is 4.79 Å². The van der Waals surface area contributed by atoms with Crippen molar-refractivity contribution in [3.05, 3.63) is 0 Å². The molecule has 1 radical (unpaired) electrons.